The minimum atomic E-state index is -1.43. The van der Waals surface area contributed by atoms with Crippen molar-refractivity contribution in [2.75, 3.05) is 0 Å². The molecule has 0 aliphatic rings. The van der Waals surface area contributed by atoms with Crippen LogP contribution in [0.5, 0.6) is 5.75 Å². The van der Waals surface area contributed by atoms with Gasteiger partial charge in [-0.1, -0.05) is 0 Å². The van der Waals surface area contributed by atoms with Crippen LogP contribution in [0.1, 0.15) is 38.1 Å². The van der Waals surface area contributed by atoms with Crippen LogP contribution in [0.2, 0.25) is 0 Å². The van der Waals surface area contributed by atoms with Crippen LogP contribution in [0.3, 0.4) is 0 Å². The summed E-state index contributed by atoms with van der Waals surface area (Å²) in [5.41, 5.74) is -2.07. The third-order valence-electron chi connectivity index (χ3n) is 3.26. The molecule has 7 heteroatoms. The van der Waals surface area contributed by atoms with E-state index in [1.807, 2.05) is 0 Å². The van der Waals surface area contributed by atoms with E-state index in [0.717, 1.165) is 0 Å². The van der Waals surface area contributed by atoms with E-state index in [1.54, 1.807) is 26.0 Å². The van der Waals surface area contributed by atoms with E-state index in [2.05, 4.69) is 5.32 Å². The average molecular weight is 333 g/mol. The summed E-state index contributed by atoms with van der Waals surface area (Å²) >= 11 is 0. The molecule has 2 rings (SSSR count). The van der Waals surface area contributed by atoms with Crippen molar-refractivity contribution >= 4 is 22.8 Å². The lowest BCUT2D eigenvalue weighted by Gasteiger charge is -2.21. The summed E-state index contributed by atoms with van der Waals surface area (Å²) in [6, 6.07) is 5.90. The lowest BCUT2D eigenvalue weighted by molar-refractivity contribution is -0.152. The molecule has 0 saturated carbocycles. The molecule has 0 aliphatic carbocycles. The molecular weight excluding hydrogens is 314 g/mol. The van der Waals surface area contributed by atoms with Gasteiger partial charge >= 0.3 is 11.6 Å². The zero-order valence-corrected chi connectivity index (χ0v) is 13.9. The Hall–Kier alpha value is -2.83. The van der Waals surface area contributed by atoms with E-state index in [4.69, 9.17) is 14.3 Å². The van der Waals surface area contributed by atoms with Gasteiger partial charge in [0.2, 0.25) is 0 Å². The van der Waals surface area contributed by atoms with Crippen LogP contribution in [-0.2, 0) is 4.79 Å². The molecule has 0 saturated heterocycles. The first-order valence-electron chi connectivity index (χ1n) is 7.41. The van der Waals surface area contributed by atoms with Crippen LogP contribution in [0.15, 0.2) is 33.5 Å². The first-order chi connectivity index (χ1) is 11.1. The molecule has 0 spiro atoms. The quantitative estimate of drug-likeness (QED) is 0.812. The Morgan fingerprint density at radius 3 is 2.50 bits per heavy atom. The number of ether oxygens (including phenoxy) is 1. The number of hydrogen-bond acceptors (Lipinski definition) is 5. The largest absolute Gasteiger partial charge is 0.478 e. The Labute approximate surface area is 138 Å². The number of carbonyl (C=O) groups excluding carboxylic acids is 1. The maximum absolute atomic E-state index is 12.0. The first-order valence-corrected chi connectivity index (χ1v) is 7.41. The lowest BCUT2D eigenvalue weighted by atomic mass is 10.1. The highest BCUT2D eigenvalue weighted by atomic mass is 16.5. The van der Waals surface area contributed by atoms with Gasteiger partial charge in [0, 0.05) is 17.5 Å². The number of benzene rings is 1. The van der Waals surface area contributed by atoms with Crippen molar-refractivity contribution < 1.29 is 23.8 Å². The third-order valence-corrected chi connectivity index (χ3v) is 3.26. The molecule has 24 heavy (non-hydrogen) atoms. The van der Waals surface area contributed by atoms with Gasteiger partial charge in [0.25, 0.3) is 5.91 Å². The number of aliphatic carboxylic acids is 1. The molecule has 0 atom stereocenters. The molecule has 0 unspecified atom stereocenters. The summed E-state index contributed by atoms with van der Waals surface area (Å²) in [6.45, 7) is 6.40. The number of fused-ring (bicyclic) bond motifs is 1. The van der Waals surface area contributed by atoms with Crippen molar-refractivity contribution in [1.29, 1.82) is 0 Å². The van der Waals surface area contributed by atoms with Crippen LogP contribution in [0, 0.1) is 0 Å². The topological polar surface area (TPSA) is 106 Å². The summed E-state index contributed by atoms with van der Waals surface area (Å²) in [5, 5.41) is 12.2. The predicted molar refractivity (Wildman–Crippen MR) is 87.4 cm³/mol. The Kier molecular flexibility index (Phi) is 4.64. The molecule has 0 aliphatic heterocycles. The fourth-order valence-electron chi connectivity index (χ4n) is 1.99. The van der Waals surface area contributed by atoms with Crippen LogP contribution < -0.4 is 15.7 Å². The smallest absolute Gasteiger partial charge is 0.349 e. The number of hydrogen-bond donors (Lipinski definition) is 2. The second-order valence-electron chi connectivity index (χ2n) is 6.19. The Bertz CT molecular complexity index is 850. The van der Waals surface area contributed by atoms with Gasteiger partial charge in [-0.3, -0.25) is 4.79 Å². The maximum Gasteiger partial charge on any atom is 0.349 e. The third kappa shape index (κ3) is 3.73. The van der Waals surface area contributed by atoms with Crippen molar-refractivity contribution in [3.8, 4) is 5.75 Å². The van der Waals surface area contributed by atoms with Gasteiger partial charge in [0.15, 0.2) is 5.60 Å². The summed E-state index contributed by atoms with van der Waals surface area (Å²) in [5.74, 6) is -1.38. The van der Waals surface area contributed by atoms with Gasteiger partial charge in [-0.2, -0.15) is 0 Å². The van der Waals surface area contributed by atoms with E-state index in [-0.39, 0.29) is 22.9 Å². The molecule has 0 fully saturated rings. The molecule has 2 aromatic rings. The zero-order valence-electron chi connectivity index (χ0n) is 13.9. The number of carboxylic acid groups (broad SMARTS) is 1. The fourth-order valence-corrected chi connectivity index (χ4v) is 1.99. The molecular formula is C17H19NO6. The molecule has 7 nitrogen and oxygen atoms in total. The number of carbonyl (C=O) groups is 2. The summed E-state index contributed by atoms with van der Waals surface area (Å²) < 4.78 is 10.6. The molecule has 1 amide bonds. The van der Waals surface area contributed by atoms with Crippen molar-refractivity contribution in [3.63, 3.8) is 0 Å². The van der Waals surface area contributed by atoms with Gasteiger partial charge in [-0.15, -0.1) is 0 Å². The number of rotatable bonds is 5. The Morgan fingerprint density at radius 2 is 1.92 bits per heavy atom. The maximum atomic E-state index is 12.0. The van der Waals surface area contributed by atoms with Gasteiger partial charge in [0.05, 0.1) is 0 Å². The molecule has 1 aromatic carbocycles. The van der Waals surface area contributed by atoms with Gasteiger partial charge in [0.1, 0.15) is 16.9 Å². The van der Waals surface area contributed by atoms with Crippen molar-refractivity contribution in [1.82, 2.24) is 5.32 Å². The Balaban J connectivity index is 2.40. The normalized spacial score (nSPS) is 11.5. The number of carboxylic acids is 1. The van der Waals surface area contributed by atoms with Crippen LogP contribution in [-0.4, -0.2) is 28.6 Å². The van der Waals surface area contributed by atoms with Crippen molar-refractivity contribution in [2.24, 2.45) is 0 Å². The van der Waals surface area contributed by atoms with Crippen molar-refractivity contribution in [2.45, 2.75) is 39.3 Å². The van der Waals surface area contributed by atoms with Crippen LogP contribution >= 0.6 is 0 Å². The van der Waals surface area contributed by atoms with Gasteiger partial charge in [-0.05, 0) is 45.9 Å². The standard InChI is InChI=1S/C17H19NO6/c1-9(2)18-14(19)12-7-10-5-6-11(8-13(10)23-15(12)20)24-17(3,4)16(21)22/h5-9H,1-4H3,(H,18,19)(H,21,22). The first kappa shape index (κ1) is 17.5. The molecule has 2 N–H and O–H groups in total. The number of amides is 1. The van der Waals surface area contributed by atoms with Crippen LogP contribution in [0.25, 0.3) is 11.0 Å². The summed E-state index contributed by atoms with van der Waals surface area (Å²) in [6.07, 6.45) is 0. The fraction of sp³-hybridized carbons (Fsp3) is 0.353. The minimum absolute atomic E-state index is 0.0873. The van der Waals surface area contributed by atoms with Crippen molar-refractivity contribution in [3.05, 3.63) is 40.2 Å². The van der Waals surface area contributed by atoms with Crippen LogP contribution in [0.4, 0.5) is 0 Å². The molecule has 128 valence electrons. The minimum Gasteiger partial charge on any atom is -0.478 e. The number of nitrogens with one attached hydrogen (secondary N) is 1. The highest BCUT2D eigenvalue weighted by Crippen LogP contribution is 2.24. The second kappa shape index (κ2) is 6.35. The average Bonchev–Trinajstić information content (AvgIpc) is 2.44. The predicted octanol–water partition coefficient (Wildman–Crippen LogP) is 2.17. The highest BCUT2D eigenvalue weighted by Gasteiger charge is 2.29. The molecule has 1 heterocycles. The summed E-state index contributed by atoms with van der Waals surface area (Å²) in [7, 11) is 0. The lowest BCUT2D eigenvalue weighted by Crippen LogP contribution is -2.37. The van der Waals surface area contributed by atoms with Gasteiger partial charge < -0.3 is 19.6 Å². The molecule has 0 radical (unpaired) electrons. The zero-order chi connectivity index (χ0) is 18.1. The Morgan fingerprint density at radius 1 is 1.25 bits per heavy atom. The molecule has 0 bridgehead atoms. The van der Waals surface area contributed by atoms with E-state index < -0.39 is 23.1 Å². The SMILES string of the molecule is CC(C)NC(=O)c1cc2ccc(OC(C)(C)C(=O)O)cc2oc1=O. The van der Waals surface area contributed by atoms with E-state index in [9.17, 15) is 14.4 Å². The van der Waals surface area contributed by atoms with E-state index in [1.165, 1.54) is 26.0 Å². The second-order valence-corrected chi connectivity index (χ2v) is 6.19. The van der Waals surface area contributed by atoms with E-state index in [0.29, 0.717) is 5.39 Å². The van der Waals surface area contributed by atoms with Gasteiger partial charge in [-0.25, -0.2) is 9.59 Å². The molecule has 1 aromatic heterocycles. The monoisotopic (exact) mass is 333 g/mol. The summed E-state index contributed by atoms with van der Waals surface area (Å²) in [4.78, 5) is 35.1. The highest BCUT2D eigenvalue weighted by molar-refractivity contribution is 5.96. The van der Waals surface area contributed by atoms with E-state index >= 15 is 0 Å².